The van der Waals surface area contributed by atoms with Crippen LogP contribution < -0.4 is 21.6 Å². The van der Waals surface area contributed by atoms with Gasteiger partial charge in [0, 0.05) is 16.5 Å². The van der Waals surface area contributed by atoms with E-state index in [1.165, 1.54) is 0 Å². The van der Waals surface area contributed by atoms with Crippen molar-refractivity contribution < 1.29 is 0 Å². The predicted octanol–water partition coefficient (Wildman–Crippen LogP) is 1.25. The molecule has 24 heavy (non-hydrogen) atoms. The quantitative estimate of drug-likeness (QED) is 0.542. The molecule has 0 aliphatic carbocycles. The van der Waals surface area contributed by atoms with Gasteiger partial charge in [-0.15, -0.1) is 0 Å². The van der Waals surface area contributed by atoms with Gasteiger partial charge in [-0.25, -0.2) is 4.98 Å². The van der Waals surface area contributed by atoms with Gasteiger partial charge in [0.05, 0.1) is 5.39 Å². The summed E-state index contributed by atoms with van der Waals surface area (Å²) in [5, 5.41) is 12.4. The molecule has 4 aromatic rings. The van der Waals surface area contributed by atoms with E-state index in [-0.39, 0.29) is 16.2 Å². The van der Waals surface area contributed by atoms with Crippen molar-refractivity contribution in [2.75, 3.05) is 5.43 Å². The van der Waals surface area contributed by atoms with E-state index in [9.17, 15) is 9.59 Å². The number of nitrogens with zero attached hydrogens (tertiary/aromatic N) is 3. The highest BCUT2D eigenvalue weighted by molar-refractivity contribution is 5.90. The third kappa shape index (κ3) is 2.02. The Labute approximate surface area is 135 Å². The molecule has 2 heterocycles. The SMILES string of the molecule is Cc1cc(C)c2c(NN=c3c(=O)c4ccccc4c3=O)[nH]nc2n1. The standard InChI is InChI=1S/C17H13N5O2/c1-8-7-9(2)18-16-12(8)17(22-20-16)21-19-13-14(23)10-5-3-4-6-11(10)15(13)24/h3-7H,1-2H3,(H2,18,20,21,22). The van der Waals surface area contributed by atoms with Crippen molar-refractivity contribution in [2.24, 2.45) is 5.10 Å². The van der Waals surface area contributed by atoms with Crippen LogP contribution in [0, 0.1) is 13.8 Å². The number of pyridine rings is 1. The molecule has 0 aliphatic rings. The van der Waals surface area contributed by atoms with E-state index < -0.39 is 0 Å². The van der Waals surface area contributed by atoms with Crippen LogP contribution in [0.3, 0.4) is 0 Å². The number of hydrogen-bond acceptors (Lipinski definition) is 6. The van der Waals surface area contributed by atoms with Crippen LogP contribution in [0.5, 0.6) is 0 Å². The molecule has 118 valence electrons. The second-order valence-corrected chi connectivity index (χ2v) is 5.65. The second kappa shape index (κ2) is 5.09. The fourth-order valence-electron chi connectivity index (χ4n) is 2.90. The van der Waals surface area contributed by atoms with E-state index in [4.69, 9.17) is 0 Å². The van der Waals surface area contributed by atoms with Crippen LogP contribution in [0.4, 0.5) is 5.82 Å². The van der Waals surface area contributed by atoms with Gasteiger partial charge in [0.2, 0.25) is 10.9 Å². The van der Waals surface area contributed by atoms with E-state index in [1.807, 2.05) is 19.9 Å². The van der Waals surface area contributed by atoms with Gasteiger partial charge in [-0.1, -0.05) is 24.3 Å². The summed E-state index contributed by atoms with van der Waals surface area (Å²) in [5.41, 5.74) is 4.39. The van der Waals surface area contributed by atoms with Gasteiger partial charge in [0.1, 0.15) is 0 Å². The van der Waals surface area contributed by atoms with Gasteiger partial charge in [-0.2, -0.15) is 10.2 Å². The van der Waals surface area contributed by atoms with Crippen molar-refractivity contribution in [3.05, 3.63) is 67.4 Å². The van der Waals surface area contributed by atoms with Gasteiger partial charge in [0.15, 0.2) is 16.8 Å². The number of H-pyrrole nitrogens is 1. The molecular formula is C17H13N5O2. The van der Waals surface area contributed by atoms with Gasteiger partial charge < -0.3 is 0 Å². The first-order chi connectivity index (χ1) is 11.6. The summed E-state index contributed by atoms with van der Waals surface area (Å²) in [6.45, 7) is 3.83. The Morgan fingerprint density at radius 2 is 1.75 bits per heavy atom. The lowest BCUT2D eigenvalue weighted by molar-refractivity contribution is 1.06. The van der Waals surface area contributed by atoms with Crippen LogP contribution in [0.1, 0.15) is 11.3 Å². The maximum atomic E-state index is 12.3. The molecule has 0 atom stereocenters. The first-order valence-electron chi connectivity index (χ1n) is 7.40. The number of nitrogens with one attached hydrogen (secondary N) is 2. The summed E-state index contributed by atoms with van der Waals surface area (Å²) in [4.78, 5) is 29.0. The highest BCUT2D eigenvalue weighted by Gasteiger charge is 2.12. The molecule has 0 radical (unpaired) electrons. The Hall–Kier alpha value is -3.35. The summed E-state index contributed by atoms with van der Waals surface area (Å²) in [5.74, 6) is 0.499. The smallest absolute Gasteiger partial charge is 0.217 e. The second-order valence-electron chi connectivity index (χ2n) is 5.65. The number of hydrogen-bond donors (Lipinski definition) is 2. The minimum atomic E-state index is -0.377. The monoisotopic (exact) mass is 319 g/mol. The topological polar surface area (TPSA) is 100 Å². The van der Waals surface area contributed by atoms with Crippen molar-refractivity contribution in [1.82, 2.24) is 15.2 Å². The summed E-state index contributed by atoms with van der Waals surface area (Å²) in [6, 6.07) is 8.62. The van der Waals surface area contributed by atoms with Gasteiger partial charge in [-0.05, 0) is 25.5 Å². The summed E-state index contributed by atoms with van der Waals surface area (Å²) >= 11 is 0. The molecule has 7 nitrogen and oxygen atoms in total. The van der Waals surface area contributed by atoms with Crippen LogP contribution >= 0.6 is 0 Å². The molecule has 2 aromatic carbocycles. The van der Waals surface area contributed by atoms with Crippen LogP contribution in [0.25, 0.3) is 21.8 Å². The Balaban J connectivity index is 1.88. The Morgan fingerprint density at radius 3 is 2.42 bits per heavy atom. The van der Waals surface area contributed by atoms with Crippen LogP contribution in [0.2, 0.25) is 0 Å². The van der Waals surface area contributed by atoms with Crippen molar-refractivity contribution in [3.8, 4) is 0 Å². The highest BCUT2D eigenvalue weighted by atomic mass is 16.1. The van der Waals surface area contributed by atoms with Crippen LogP contribution in [-0.4, -0.2) is 15.2 Å². The summed E-state index contributed by atoms with van der Waals surface area (Å²) in [7, 11) is 0. The van der Waals surface area contributed by atoms with Gasteiger partial charge in [-0.3, -0.25) is 20.1 Å². The summed E-state index contributed by atoms with van der Waals surface area (Å²) < 4.78 is 0. The Kier molecular flexibility index (Phi) is 3.02. The number of aromatic nitrogens is 3. The molecule has 4 rings (SSSR count). The molecule has 7 heteroatoms. The number of anilines is 1. The molecule has 0 bridgehead atoms. The van der Waals surface area contributed by atoms with E-state index >= 15 is 0 Å². The summed E-state index contributed by atoms with van der Waals surface area (Å²) in [6.07, 6.45) is 0. The van der Waals surface area contributed by atoms with Crippen molar-refractivity contribution in [1.29, 1.82) is 0 Å². The zero-order chi connectivity index (χ0) is 16.8. The van der Waals surface area contributed by atoms with Crippen LogP contribution in [0.15, 0.2) is 45.0 Å². The third-order valence-corrected chi connectivity index (χ3v) is 3.98. The predicted molar refractivity (Wildman–Crippen MR) is 91.4 cm³/mol. The number of aromatic amines is 1. The average molecular weight is 319 g/mol. The number of aryl methyl sites for hydroxylation is 2. The fourth-order valence-corrected chi connectivity index (χ4v) is 2.90. The van der Waals surface area contributed by atoms with Crippen molar-refractivity contribution in [3.63, 3.8) is 0 Å². The van der Waals surface area contributed by atoms with Gasteiger partial charge in [0.25, 0.3) is 0 Å². The molecule has 0 saturated carbocycles. The molecule has 0 fully saturated rings. The minimum Gasteiger partial charge on any atom is -0.287 e. The fraction of sp³-hybridized carbons (Fsp3) is 0.118. The normalized spacial score (nSPS) is 11.2. The van der Waals surface area contributed by atoms with E-state index in [0.29, 0.717) is 22.2 Å². The lowest BCUT2D eigenvalue weighted by atomic mass is 10.2. The zero-order valence-electron chi connectivity index (χ0n) is 13.0. The lowest BCUT2D eigenvalue weighted by Gasteiger charge is -2.00. The molecule has 0 aliphatic heterocycles. The van der Waals surface area contributed by atoms with Crippen LogP contribution in [-0.2, 0) is 0 Å². The zero-order valence-corrected chi connectivity index (χ0v) is 13.0. The lowest BCUT2D eigenvalue weighted by Crippen LogP contribution is -2.32. The molecule has 0 saturated heterocycles. The molecule has 2 N–H and O–H groups in total. The minimum absolute atomic E-state index is 0.128. The first-order valence-corrected chi connectivity index (χ1v) is 7.40. The van der Waals surface area contributed by atoms with Gasteiger partial charge >= 0.3 is 0 Å². The highest BCUT2D eigenvalue weighted by Crippen LogP contribution is 2.23. The first kappa shape index (κ1) is 14.3. The maximum absolute atomic E-state index is 12.3. The van der Waals surface area contributed by atoms with Crippen molar-refractivity contribution in [2.45, 2.75) is 13.8 Å². The van der Waals surface area contributed by atoms with E-state index in [1.54, 1.807) is 24.3 Å². The number of fused-ring (bicyclic) bond motifs is 2. The molecule has 0 amide bonds. The molecule has 2 aromatic heterocycles. The molecule has 0 spiro atoms. The average Bonchev–Trinajstić information content (AvgIpc) is 3.07. The molecule has 0 unspecified atom stereocenters. The van der Waals surface area contributed by atoms with Crippen molar-refractivity contribution >= 4 is 27.6 Å². The number of benzene rings is 1. The molecular weight excluding hydrogens is 306 g/mol. The maximum Gasteiger partial charge on any atom is 0.217 e. The Morgan fingerprint density at radius 1 is 1.08 bits per heavy atom. The number of rotatable bonds is 2. The Bertz CT molecular complexity index is 1200. The van der Waals surface area contributed by atoms with E-state index in [2.05, 4.69) is 25.7 Å². The largest absolute Gasteiger partial charge is 0.287 e. The third-order valence-electron chi connectivity index (χ3n) is 3.98. The van der Waals surface area contributed by atoms with E-state index in [0.717, 1.165) is 16.6 Å².